The minimum atomic E-state index is 0.116. The molecule has 1 saturated carbocycles. The van der Waals surface area contributed by atoms with Gasteiger partial charge in [0.2, 0.25) is 5.91 Å². The Hall–Kier alpha value is -1.02. The van der Waals surface area contributed by atoms with E-state index in [2.05, 4.69) is 29.6 Å². The largest absolute Gasteiger partial charge is 0.353 e. The van der Waals surface area contributed by atoms with Crippen LogP contribution in [0, 0.1) is 11.8 Å². The van der Waals surface area contributed by atoms with Crippen molar-refractivity contribution in [3.63, 3.8) is 0 Å². The van der Waals surface area contributed by atoms with Crippen LogP contribution in [0.4, 0.5) is 0 Å². The lowest BCUT2D eigenvalue weighted by Gasteiger charge is -2.31. The SMILES string of the molecule is O=C(NC1CCCCC1CCl)C1Cc2ccccc2C1. The van der Waals surface area contributed by atoms with Crippen molar-refractivity contribution in [2.75, 3.05) is 5.88 Å². The topological polar surface area (TPSA) is 29.1 Å². The van der Waals surface area contributed by atoms with Crippen molar-refractivity contribution in [2.24, 2.45) is 11.8 Å². The summed E-state index contributed by atoms with van der Waals surface area (Å²) in [5.41, 5.74) is 2.68. The van der Waals surface area contributed by atoms with Crippen LogP contribution in [0.2, 0.25) is 0 Å². The van der Waals surface area contributed by atoms with E-state index in [4.69, 9.17) is 11.6 Å². The summed E-state index contributed by atoms with van der Waals surface area (Å²) >= 11 is 6.04. The zero-order valence-electron chi connectivity index (χ0n) is 11.8. The summed E-state index contributed by atoms with van der Waals surface area (Å²) in [4.78, 5) is 12.5. The number of nitrogens with one attached hydrogen (secondary N) is 1. The highest BCUT2D eigenvalue weighted by molar-refractivity contribution is 6.18. The van der Waals surface area contributed by atoms with E-state index in [1.807, 2.05) is 0 Å². The Morgan fingerprint density at radius 3 is 2.45 bits per heavy atom. The Labute approximate surface area is 125 Å². The zero-order chi connectivity index (χ0) is 13.9. The van der Waals surface area contributed by atoms with E-state index in [1.165, 1.54) is 24.0 Å². The van der Waals surface area contributed by atoms with Gasteiger partial charge in [-0.1, -0.05) is 37.1 Å². The van der Waals surface area contributed by atoms with Crippen molar-refractivity contribution in [2.45, 2.75) is 44.6 Å². The summed E-state index contributed by atoms with van der Waals surface area (Å²) in [5, 5.41) is 3.27. The molecule has 0 saturated heterocycles. The summed E-state index contributed by atoms with van der Waals surface area (Å²) in [6.07, 6.45) is 6.48. The van der Waals surface area contributed by atoms with E-state index < -0.39 is 0 Å². The fraction of sp³-hybridized carbons (Fsp3) is 0.588. The molecule has 2 aliphatic rings. The summed E-state index contributed by atoms with van der Waals surface area (Å²) in [5.74, 6) is 1.46. The molecule has 1 N–H and O–H groups in total. The third-order valence-corrected chi connectivity index (χ3v) is 5.25. The molecular formula is C17H22ClNO. The van der Waals surface area contributed by atoms with Crippen LogP contribution < -0.4 is 5.32 Å². The van der Waals surface area contributed by atoms with Gasteiger partial charge >= 0.3 is 0 Å². The number of fused-ring (bicyclic) bond motifs is 1. The van der Waals surface area contributed by atoms with Gasteiger partial charge in [-0.05, 0) is 42.7 Å². The van der Waals surface area contributed by atoms with Gasteiger partial charge in [0.25, 0.3) is 0 Å². The minimum absolute atomic E-state index is 0.116. The van der Waals surface area contributed by atoms with Gasteiger partial charge in [-0.15, -0.1) is 11.6 Å². The molecule has 108 valence electrons. The van der Waals surface area contributed by atoms with Crippen molar-refractivity contribution >= 4 is 17.5 Å². The second kappa shape index (κ2) is 6.17. The number of hydrogen-bond acceptors (Lipinski definition) is 1. The van der Waals surface area contributed by atoms with Crippen LogP contribution in [0.25, 0.3) is 0 Å². The van der Waals surface area contributed by atoms with Gasteiger partial charge in [0.1, 0.15) is 0 Å². The third kappa shape index (κ3) is 2.85. The molecule has 0 spiro atoms. The molecule has 0 aromatic heterocycles. The second-order valence-corrected chi connectivity index (χ2v) is 6.50. The lowest BCUT2D eigenvalue weighted by Crippen LogP contribution is -2.45. The first-order valence-electron chi connectivity index (χ1n) is 7.71. The highest BCUT2D eigenvalue weighted by Gasteiger charge is 2.31. The van der Waals surface area contributed by atoms with Gasteiger partial charge in [0.15, 0.2) is 0 Å². The molecular weight excluding hydrogens is 270 g/mol. The zero-order valence-corrected chi connectivity index (χ0v) is 12.5. The number of carbonyl (C=O) groups excluding carboxylic acids is 1. The minimum Gasteiger partial charge on any atom is -0.353 e. The van der Waals surface area contributed by atoms with Crippen LogP contribution in [0.1, 0.15) is 36.8 Å². The predicted molar refractivity (Wildman–Crippen MR) is 81.9 cm³/mol. The van der Waals surface area contributed by atoms with Crippen LogP contribution in [-0.2, 0) is 17.6 Å². The normalized spacial score (nSPS) is 26.2. The molecule has 0 aliphatic heterocycles. The molecule has 2 aliphatic carbocycles. The third-order valence-electron chi connectivity index (χ3n) is 4.86. The maximum absolute atomic E-state index is 12.5. The number of alkyl halides is 1. The first kappa shape index (κ1) is 13.9. The van der Waals surface area contributed by atoms with Gasteiger partial charge in [-0.2, -0.15) is 0 Å². The highest BCUT2D eigenvalue weighted by Crippen LogP contribution is 2.29. The molecule has 0 radical (unpaired) electrons. The number of benzene rings is 1. The van der Waals surface area contributed by atoms with Gasteiger partial charge in [0, 0.05) is 17.8 Å². The molecule has 0 heterocycles. The van der Waals surface area contributed by atoms with E-state index in [1.54, 1.807) is 0 Å². The van der Waals surface area contributed by atoms with Gasteiger partial charge < -0.3 is 5.32 Å². The van der Waals surface area contributed by atoms with Crippen molar-refractivity contribution in [1.82, 2.24) is 5.32 Å². The standard InChI is InChI=1S/C17H22ClNO/c18-11-14-7-3-4-8-16(14)19-17(20)15-9-12-5-1-2-6-13(12)10-15/h1-2,5-6,14-16H,3-4,7-11H2,(H,19,20). The van der Waals surface area contributed by atoms with Crippen LogP contribution in [0.15, 0.2) is 24.3 Å². The maximum Gasteiger partial charge on any atom is 0.224 e. The number of amides is 1. The quantitative estimate of drug-likeness (QED) is 0.851. The van der Waals surface area contributed by atoms with E-state index in [0.29, 0.717) is 11.8 Å². The Balaban J connectivity index is 1.60. The Morgan fingerprint density at radius 1 is 1.15 bits per heavy atom. The number of rotatable bonds is 3. The fourth-order valence-corrected chi connectivity index (χ4v) is 4.00. The van der Waals surface area contributed by atoms with Gasteiger partial charge in [-0.25, -0.2) is 0 Å². The van der Waals surface area contributed by atoms with Crippen LogP contribution in [0.5, 0.6) is 0 Å². The van der Waals surface area contributed by atoms with Gasteiger partial charge in [0.05, 0.1) is 0 Å². The lowest BCUT2D eigenvalue weighted by atomic mass is 9.85. The monoisotopic (exact) mass is 291 g/mol. The molecule has 1 amide bonds. The molecule has 1 aromatic carbocycles. The van der Waals surface area contributed by atoms with E-state index >= 15 is 0 Å². The Morgan fingerprint density at radius 2 is 1.80 bits per heavy atom. The van der Waals surface area contributed by atoms with Crippen LogP contribution in [0.3, 0.4) is 0 Å². The summed E-state index contributed by atoms with van der Waals surface area (Å²) in [7, 11) is 0. The smallest absolute Gasteiger partial charge is 0.224 e. The highest BCUT2D eigenvalue weighted by atomic mass is 35.5. The van der Waals surface area contributed by atoms with Crippen molar-refractivity contribution in [3.05, 3.63) is 35.4 Å². The average Bonchev–Trinajstić information content (AvgIpc) is 2.92. The molecule has 2 atom stereocenters. The summed E-state index contributed by atoms with van der Waals surface area (Å²) in [6.45, 7) is 0. The second-order valence-electron chi connectivity index (χ2n) is 6.19. The molecule has 3 rings (SSSR count). The van der Waals surface area contributed by atoms with Crippen molar-refractivity contribution in [3.8, 4) is 0 Å². The molecule has 20 heavy (non-hydrogen) atoms. The molecule has 0 bridgehead atoms. The molecule has 2 unspecified atom stereocenters. The summed E-state index contributed by atoms with van der Waals surface area (Å²) in [6, 6.07) is 8.70. The van der Waals surface area contributed by atoms with E-state index in [0.717, 1.165) is 25.7 Å². The van der Waals surface area contributed by atoms with Crippen LogP contribution >= 0.6 is 11.6 Å². The lowest BCUT2D eigenvalue weighted by molar-refractivity contribution is -0.126. The number of hydrogen-bond donors (Lipinski definition) is 1. The molecule has 2 nitrogen and oxygen atoms in total. The predicted octanol–water partition coefficient (Wildman–Crippen LogP) is 3.32. The summed E-state index contributed by atoms with van der Waals surface area (Å²) < 4.78 is 0. The van der Waals surface area contributed by atoms with Crippen molar-refractivity contribution in [1.29, 1.82) is 0 Å². The first-order chi connectivity index (χ1) is 9.78. The molecule has 3 heteroatoms. The Bertz CT molecular complexity index is 463. The van der Waals surface area contributed by atoms with Crippen molar-refractivity contribution < 1.29 is 4.79 Å². The molecule has 1 aromatic rings. The average molecular weight is 292 g/mol. The van der Waals surface area contributed by atoms with Gasteiger partial charge in [-0.3, -0.25) is 4.79 Å². The Kier molecular flexibility index (Phi) is 4.30. The van der Waals surface area contributed by atoms with E-state index in [9.17, 15) is 4.79 Å². The molecule has 1 fully saturated rings. The van der Waals surface area contributed by atoms with E-state index in [-0.39, 0.29) is 17.9 Å². The van der Waals surface area contributed by atoms with Crippen LogP contribution in [-0.4, -0.2) is 17.8 Å². The first-order valence-corrected chi connectivity index (χ1v) is 8.24. The number of halogens is 1. The number of carbonyl (C=O) groups is 1. The maximum atomic E-state index is 12.5. The fourth-order valence-electron chi connectivity index (χ4n) is 3.63.